The van der Waals surface area contributed by atoms with E-state index >= 15 is 0 Å². The summed E-state index contributed by atoms with van der Waals surface area (Å²) in [6.45, 7) is 12.0. The molecule has 104 valence electrons. The SMILES string of the molecule is C=CC(=O)OCC1NCN(CCC)CN1CCC. The third-order valence-corrected chi connectivity index (χ3v) is 2.97. The minimum absolute atomic E-state index is 0.113. The first-order chi connectivity index (χ1) is 8.71. The lowest BCUT2D eigenvalue weighted by atomic mass is 10.3. The van der Waals surface area contributed by atoms with E-state index in [1.807, 2.05) is 0 Å². The van der Waals surface area contributed by atoms with Crippen molar-refractivity contribution in [2.45, 2.75) is 32.9 Å². The van der Waals surface area contributed by atoms with Crippen molar-refractivity contribution in [3.63, 3.8) is 0 Å². The summed E-state index contributed by atoms with van der Waals surface area (Å²) in [5, 5.41) is 3.41. The van der Waals surface area contributed by atoms with Crippen molar-refractivity contribution in [3.05, 3.63) is 12.7 Å². The van der Waals surface area contributed by atoms with Crippen molar-refractivity contribution in [1.82, 2.24) is 15.1 Å². The minimum atomic E-state index is -0.357. The van der Waals surface area contributed by atoms with E-state index in [0.29, 0.717) is 6.61 Å². The minimum Gasteiger partial charge on any atom is -0.459 e. The average molecular weight is 255 g/mol. The molecule has 0 bridgehead atoms. The molecule has 1 fully saturated rings. The third kappa shape index (κ3) is 4.76. The number of ether oxygens (including phenoxy) is 1. The summed E-state index contributed by atoms with van der Waals surface area (Å²) in [5.41, 5.74) is 0. The molecule has 0 aromatic rings. The standard InChI is InChI=1S/C13H25N3O2/c1-4-7-15-10-14-12(9-18-13(17)6-3)16(11-15)8-5-2/h6,12,14H,3-5,7-11H2,1-2H3. The van der Waals surface area contributed by atoms with Crippen LogP contribution in [0.3, 0.4) is 0 Å². The van der Waals surface area contributed by atoms with Gasteiger partial charge in [0.05, 0.1) is 19.5 Å². The molecule has 1 N–H and O–H groups in total. The number of hydrogen-bond donors (Lipinski definition) is 1. The smallest absolute Gasteiger partial charge is 0.330 e. The van der Waals surface area contributed by atoms with E-state index in [1.165, 1.54) is 6.08 Å². The van der Waals surface area contributed by atoms with Gasteiger partial charge in [0.2, 0.25) is 0 Å². The summed E-state index contributed by atoms with van der Waals surface area (Å²) in [5.74, 6) is -0.357. The van der Waals surface area contributed by atoms with Crippen molar-refractivity contribution < 1.29 is 9.53 Å². The first-order valence-corrected chi connectivity index (χ1v) is 6.70. The van der Waals surface area contributed by atoms with Crippen LogP contribution in [-0.4, -0.2) is 55.0 Å². The van der Waals surface area contributed by atoms with Gasteiger partial charge in [0.1, 0.15) is 6.61 Å². The molecule has 1 saturated heterocycles. The molecule has 0 aromatic heterocycles. The molecule has 1 aliphatic heterocycles. The Hall–Kier alpha value is -0.910. The number of hydrogen-bond acceptors (Lipinski definition) is 5. The zero-order valence-electron chi connectivity index (χ0n) is 11.5. The van der Waals surface area contributed by atoms with E-state index in [1.54, 1.807) is 0 Å². The Kier molecular flexibility index (Phi) is 6.93. The van der Waals surface area contributed by atoms with Gasteiger partial charge in [-0.1, -0.05) is 20.4 Å². The molecule has 0 radical (unpaired) electrons. The molecule has 1 rings (SSSR count). The lowest BCUT2D eigenvalue weighted by Crippen LogP contribution is -2.61. The van der Waals surface area contributed by atoms with E-state index in [9.17, 15) is 4.79 Å². The molecule has 0 spiro atoms. The van der Waals surface area contributed by atoms with Gasteiger partial charge in [-0.2, -0.15) is 0 Å². The molecule has 1 atom stereocenters. The molecule has 0 aromatic carbocycles. The Bertz CT molecular complexity index is 271. The van der Waals surface area contributed by atoms with Crippen LogP contribution in [0.15, 0.2) is 12.7 Å². The van der Waals surface area contributed by atoms with Crippen LogP contribution in [0.5, 0.6) is 0 Å². The topological polar surface area (TPSA) is 44.8 Å². The Morgan fingerprint density at radius 1 is 1.44 bits per heavy atom. The molecular weight excluding hydrogens is 230 g/mol. The van der Waals surface area contributed by atoms with Crippen LogP contribution in [0.1, 0.15) is 26.7 Å². The third-order valence-electron chi connectivity index (χ3n) is 2.97. The molecule has 0 saturated carbocycles. The maximum atomic E-state index is 11.1. The summed E-state index contributed by atoms with van der Waals surface area (Å²) in [6, 6.07) is 0. The summed E-state index contributed by atoms with van der Waals surface area (Å²) in [6.07, 6.45) is 3.56. The van der Waals surface area contributed by atoms with E-state index in [-0.39, 0.29) is 12.1 Å². The molecular formula is C13H25N3O2. The fraction of sp³-hybridized carbons (Fsp3) is 0.769. The van der Waals surface area contributed by atoms with Crippen LogP contribution in [0, 0.1) is 0 Å². The van der Waals surface area contributed by atoms with Crippen LogP contribution in [-0.2, 0) is 9.53 Å². The number of nitrogens with one attached hydrogen (secondary N) is 1. The second kappa shape index (κ2) is 8.24. The highest BCUT2D eigenvalue weighted by atomic mass is 16.5. The molecule has 5 nitrogen and oxygen atoms in total. The predicted molar refractivity (Wildman–Crippen MR) is 71.8 cm³/mol. The monoisotopic (exact) mass is 255 g/mol. The lowest BCUT2D eigenvalue weighted by molar-refractivity contribution is -0.141. The summed E-state index contributed by atoms with van der Waals surface area (Å²) >= 11 is 0. The van der Waals surface area contributed by atoms with E-state index in [0.717, 1.165) is 39.3 Å². The molecule has 0 amide bonds. The van der Waals surface area contributed by atoms with Crippen LogP contribution >= 0.6 is 0 Å². The van der Waals surface area contributed by atoms with E-state index in [4.69, 9.17) is 4.74 Å². The largest absolute Gasteiger partial charge is 0.459 e. The molecule has 1 aliphatic rings. The zero-order chi connectivity index (χ0) is 13.4. The average Bonchev–Trinajstić information content (AvgIpc) is 2.38. The van der Waals surface area contributed by atoms with Gasteiger partial charge < -0.3 is 4.74 Å². The highest BCUT2D eigenvalue weighted by Gasteiger charge is 2.25. The Balaban J connectivity index is 2.45. The quantitative estimate of drug-likeness (QED) is 0.543. The van der Waals surface area contributed by atoms with Gasteiger partial charge in [-0.25, -0.2) is 4.79 Å². The second-order valence-electron chi connectivity index (χ2n) is 4.56. The zero-order valence-corrected chi connectivity index (χ0v) is 11.5. The molecule has 5 heteroatoms. The number of carbonyl (C=O) groups is 1. The van der Waals surface area contributed by atoms with E-state index in [2.05, 4.69) is 35.5 Å². The first-order valence-electron chi connectivity index (χ1n) is 6.70. The number of rotatable bonds is 7. The Morgan fingerprint density at radius 3 is 2.78 bits per heavy atom. The summed E-state index contributed by atoms with van der Waals surface area (Å²) in [7, 11) is 0. The number of esters is 1. The van der Waals surface area contributed by atoms with Gasteiger partial charge in [-0.05, 0) is 12.8 Å². The van der Waals surface area contributed by atoms with Crippen LogP contribution in [0.2, 0.25) is 0 Å². The van der Waals surface area contributed by atoms with Crippen molar-refractivity contribution in [2.75, 3.05) is 33.0 Å². The lowest BCUT2D eigenvalue weighted by Gasteiger charge is -2.41. The van der Waals surface area contributed by atoms with Crippen molar-refractivity contribution in [1.29, 1.82) is 0 Å². The van der Waals surface area contributed by atoms with Crippen LogP contribution < -0.4 is 5.32 Å². The van der Waals surface area contributed by atoms with Gasteiger partial charge >= 0.3 is 5.97 Å². The van der Waals surface area contributed by atoms with Gasteiger partial charge in [-0.15, -0.1) is 0 Å². The maximum Gasteiger partial charge on any atom is 0.330 e. The second-order valence-corrected chi connectivity index (χ2v) is 4.56. The fourth-order valence-corrected chi connectivity index (χ4v) is 2.13. The van der Waals surface area contributed by atoms with Gasteiger partial charge in [-0.3, -0.25) is 15.1 Å². The Labute approximate surface area is 110 Å². The molecule has 1 heterocycles. The van der Waals surface area contributed by atoms with Crippen molar-refractivity contribution >= 4 is 5.97 Å². The first kappa shape index (κ1) is 15.1. The van der Waals surface area contributed by atoms with Crippen LogP contribution in [0.4, 0.5) is 0 Å². The van der Waals surface area contributed by atoms with E-state index < -0.39 is 0 Å². The summed E-state index contributed by atoms with van der Waals surface area (Å²) < 4.78 is 5.12. The van der Waals surface area contributed by atoms with Gasteiger partial charge in [0, 0.05) is 19.2 Å². The van der Waals surface area contributed by atoms with Crippen molar-refractivity contribution in [2.24, 2.45) is 0 Å². The van der Waals surface area contributed by atoms with Crippen molar-refractivity contribution in [3.8, 4) is 0 Å². The number of nitrogens with zero attached hydrogens (tertiary/aromatic N) is 2. The molecule has 1 unspecified atom stereocenters. The highest BCUT2D eigenvalue weighted by Crippen LogP contribution is 2.08. The fourth-order valence-electron chi connectivity index (χ4n) is 2.13. The number of carbonyl (C=O) groups excluding carboxylic acids is 1. The highest BCUT2D eigenvalue weighted by molar-refractivity contribution is 5.81. The van der Waals surface area contributed by atoms with Gasteiger partial charge in [0.25, 0.3) is 0 Å². The molecule has 18 heavy (non-hydrogen) atoms. The normalized spacial score (nSPS) is 21.8. The molecule has 0 aliphatic carbocycles. The predicted octanol–water partition coefficient (Wildman–Crippen LogP) is 0.984. The van der Waals surface area contributed by atoms with Crippen LogP contribution in [0.25, 0.3) is 0 Å². The maximum absolute atomic E-state index is 11.1. The summed E-state index contributed by atoms with van der Waals surface area (Å²) in [4.78, 5) is 15.8. The Morgan fingerprint density at radius 2 is 2.17 bits per heavy atom. The van der Waals surface area contributed by atoms with Gasteiger partial charge in [0.15, 0.2) is 0 Å².